The van der Waals surface area contributed by atoms with Crippen LogP contribution in [0.3, 0.4) is 0 Å². The number of hydrogen-bond acceptors (Lipinski definition) is 4. The van der Waals surface area contributed by atoms with Crippen molar-refractivity contribution in [1.82, 2.24) is 9.97 Å². The van der Waals surface area contributed by atoms with Gasteiger partial charge in [-0.25, -0.2) is 18.2 Å². The fourth-order valence-corrected chi connectivity index (χ4v) is 1.20. The summed E-state index contributed by atoms with van der Waals surface area (Å²) in [5.41, 5.74) is 5.08. The van der Waals surface area contributed by atoms with E-state index in [1.54, 1.807) is 0 Å². The molecule has 4 nitrogen and oxygen atoms in total. The van der Waals surface area contributed by atoms with Crippen molar-refractivity contribution in [3.8, 4) is 0 Å². The average Bonchev–Trinajstić information content (AvgIpc) is 2.26. The second-order valence-electron chi connectivity index (χ2n) is 3.17. The highest BCUT2D eigenvalue weighted by atomic mass is 19.2. The number of halogens is 3. The minimum atomic E-state index is -1.25. The number of rotatable bonds is 2. The second kappa shape index (κ2) is 4.28. The molecule has 2 aromatic rings. The molecule has 3 N–H and O–H groups in total. The number of hydrogen-bond donors (Lipinski definition) is 2. The molecule has 0 bridgehead atoms. The third kappa shape index (κ3) is 2.44. The Morgan fingerprint density at radius 1 is 1.06 bits per heavy atom. The monoisotopic (exact) mass is 240 g/mol. The molecule has 17 heavy (non-hydrogen) atoms. The summed E-state index contributed by atoms with van der Waals surface area (Å²) in [5.74, 6) is -3.17. The van der Waals surface area contributed by atoms with E-state index in [-0.39, 0.29) is 17.5 Å². The van der Waals surface area contributed by atoms with Crippen LogP contribution in [0, 0.1) is 17.5 Å². The minimum absolute atomic E-state index is 0.0157. The van der Waals surface area contributed by atoms with Gasteiger partial charge in [-0.2, -0.15) is 4.98 Å². The van der Waals surface area contributed by atoms with Gasteiger partial charge in [-0.05, 0) is 6.07 Å². The molecular formula is C10H7F3N4. The summed E-state index contributed by atoms with van der Waals surface area (Å²) in [6.07, 6.45) is 1.35. The highest BCUT2D eigenvalue weighted by Gasteiger charge is 2.10. The van der Waals surface area contributed by atoms with Crippen LogP contribution in [0.1, 0.15) is 0 Å². The lowest BCUT2D eigenvalue weighted by molar-refractivity contribution is 0.496. The average molecular weight is 240 g/mol. The van der Waals surface area contributed by atoms with Crippen molar-refractivity contribution in [2.75, 3.05) is 11.1 Å². The number of nitrogen functional groups attached to an aromatic ring is 1. The maximum absolute atomic E-state index is 13.3. The first kappa shape index (κ1) is 11.2. The van der Waals surface area contributed by atoms with Gasteiger partial charge in [0.05, 0.1) is 5.69 Å². The molecule has 0 saturated carbocycles. The Bertz CT molecular complexity index is 559. The summed E-state index contributed by atoms with van der Waals surface area (Å²) >= 11 is 0. The molecule has 0 aliphatic rings. The predicted molar refractivity (Wildman–Crippen MR) is 56.0 cm³/mol. The summed E-state index contributed by atoms with van der Waals surface area (Å²) in [7, 11) is 0. The van der Waals surface area contributed by atoms with E-state index in [0.717, 1.165) is 0 Å². The van der Waals surface area contributed by atoms with Gasteiger partial charge in [-0.3, -0.25) is 0 Å². The van der Waals surface area contributed by atoms with Gasteiger partial charge >= 0.3 is 0 Å². The molecule has 0 unspecified atom stereocenters. The number of aromatic nitrogens is 2. The fourth-order valence-electron chi connectivity index (χ4n) is 1.20. The first-order valence-electron chi connectivity index (χ1n) is 4.56. The quantitative estimate of drug-likeness (QED) is 0.790. The Labute approximate surface area is 94.3 Å². The van der Waals surface area contributed by atoms with Crippen LogP contribution in [-0.2, 0) is 0 Å². The summed E-state index contributed by atoms with van der Waals surface area (Å²) in [5, 5.41) is 2.47. The van der Waals surface area contributed by atoms with E-state index in [0.29, 0.717) is 12.1 Å². The van der Waals surface area contributed by atoms with Gasteiger partial charge in [0.15, 0.2) is 11.6 Å². The maximum Gasteiger partial charge on any atom is 0.221 e. The van der Waals surface area contributed by atoms with E-state index in [1.807, 2.05) is 0 Å². The van der Waals surface area contributed by atoms with Crippen LogP contribution in [0.5, 0.6) is 0 Å². The van der Waals surface area contributed by atoms with Crippen molar-refractivity contribution in [3.05, 3.63) is 41.8 Å². The zero-order chi connectivity index (χ0) is 12.4. The SMILES string of the molecule is Nc1nccc(Nc2cc(F)c(F)cc2F)n1. The van der Waals surface area contributed by atoms with Crippen molar-refractivity contribution >= 4 is 17.5 Å². The van der Waals surface area contributed by atoms with Crippen LogP contribution in [0.4, 0.5) is 30.6 Å². The van der Waals surface area contributed by atoms with E-state index < -0.39 is 17.5 Å². The van der Waals surface area contributed by atoms with Crippen molar-refractivity contribution < 1.29 is 13.2 Å². The molecule has 0 fully saturated rings. The lowest BCUT2D eigenvalue weighted by Gasteiger charge is -2.07. The minimum Gasteiger partial charge on any atom is -0.368 e. The summed E-state index contributed by atoms with van der Waals surface area (Å²) in [4.78, 5) is 7.37. The molecule has 0 aliphatic carbocycles. The third-order valence-corrected chi connectivity index (χ3v) is 1.95. The van der Waals surface area contributed by atoms with Crippen molar-refractivity contribution in [2.24, 2.45) is 0 Å². The first-order valence-corrected chi connectivity index (χ1v) is 4.56. The lowest BCUT2D eigenvalue weighted by Crippen LogP contribution is -2.01. The van der Waals surface area contributed by atoms with Gasteiger partial charge in [0.25, 0.3) is 0 Å². The highest BCUT2D eigenvalue weighted by Crippen LogP contribution is 2.21. The van der Waals surface area contributed by atoms with E-state index in [9.17, 15) is 13.2 Å². The van der Waals surface area contributed by atoms with Crippen LogP contribution in [0.2, 0.25) is 0 Å². The molecule has 0 amide bonds. The molecule has 0 radical (unpaired) electrons. The largest absolute Gasteiger partial charge is 0.368 e. The van der Waals surface area contributed by atoms with Gasteiger partial charge in [-0.1, -0.05) is 0 Å². The summed E-state index contributed by atoms with van der Waals surface area (Å²) in [6, 6.07) is 2.56. The molecule has 1 aromatic carbocycles. The molecule has 1 aromatic heterocycles. The van der Waals surface area contributed by atoms with Gasteiger partial charge in [-0.15, -0.1) is 0 Å². The Morgan fingerprint density at radius 3 is 2.47 bits per heavy atom. The molecule has 0 saturated heterocycles. The molecule has 2 rings (SSSR count). The Kier molecular flexibility index (Phi) is 2.82. The third-order valence-electron chi connectivity index (χ3n) is 1.95. The molecule has 88 valence electrons. The van der Waals surface area contributed by atoms with Crippen LogP contribution >= 0.6 is 0 Å². The zero-order valence-electron chi connectivity index (χ0n) is 8.42. The van der Waals surface area contributed by atoms with Gasteiger partial charge < -0.3 is 11.1 Å². The van der Waals surface area contributed by atoms with Crippen molar-refractivity contribution in [2.45, 2.75) is 0 Å². The molecular weight excluding hydrogens is 233 g/mol. The first-order chi connectivity index (χ1) is 8.06. The molecule has 0 aliphatic heterocycles. The van der Waals surface area contributed by atoms with Gasteiger partial charge in [0, 0.05) is 18.3 Å². The van der Waals surface area contributed by atoms with Crippen LogP contribution in [0.15, 0.2) is 24.4 Å². The van der Waals surface area contributed by atoms with E-state index in [1.165, 1.54) is 12.3 Å². The smallest absolute Gasteiger partial charge is 0.221 e. The van der Waals surface area contributed by atoms with Gasteiger partial charge in [0.2, 0.25) is 5.95 Å². The number of nitrogens with zero attached hydrogens (tertiary/aromatic N) is 2. The molecule has 0 spiro atoms. The fraction of sp³-hybridized carbons (Fsp3) is 0. The number of anilines is 3. The van der Waals surface area contributed by atoms with Crippen LogP contribution in [-0.4, -0.2) is 9.97 Å². The second-order valence-corrected chi connectivity index (χ2v) is 3.17. The van der Waals surface area contributed by atoms with E-state index in [4.69, 9.17) is 5.73 Å². The van der Waals surface area contributed by atoms with Crippen molar-refractivity contribution in [3.63, 3.8) is 0 Å². The molecule has 7 heteroatoms. The van der Waals surface area contributed by atoms with Crippen LogP contribution < -0.4 is 11.1 Å². The normalized spacial score (nSPS) is 10.3. The Hall–Kier alpha value is -2.31. The predicted octanol–water partition coefficient (Wildman–Crippen LogP) is 2.22. The number of nitrogens with one attached hydrogen (secondary N) is 1. The summed E-state index contributed by atoms with van der Waals surface area (Å²) in [6.45, 7) is 0. The number of benzene rings is 1. The summed E-state index contributed by atoms with van der Waals surface area (Å²) < 4.78 is 38.8. The molecule has 0 atom stereocenters. The highest BCUT2D eigenvalue weighted by molar-refractivity contribution is 5.57. The number of nitrogens with two attached hydrogens (primary N) is 1. The standard InChI is InChI=1S/C10H7F3N4/c11-5-3-7(13)8(4-6(5)12)16-9-1-2-15-10(14)17-9/h1-4H,(H3,14,15,16,17). The van der Waals surface area contributed by atoms with Crippen LogP contribution in [0.25, 0.3) is 0 Å². The molecule has 1 heterocycles. The van der Waals surface area contributed by atoms with Crippen molar-refractivity contribution in [1.29, 1.82) is 0 Å². The van der Waals surface area contributed by atoms with E-state index >= 15 is 0 Å². The Balaban J connectivity index is 2.33. The maximum atomic E-state index is 13.3. The van der Waals surface area contributed by atoms with E-state index in [2.05, 4.69) is 15.3 Å². The lowest BCUT2D eigenvalue weighted by atomic mass is 10.3. The Morgan fingerprint density at radius 2 is 1.76 bits per heavy atom. The topological polar surface area (TPSA) is 63.8 Å². The van der Waals surface area contributed by atoms with Gasteiger partial charge in [0.1, 0.15) is 11.6 Å². The zero-order valence-corrected chi connectivity index (χ0v) is 8.42.